The van der Waals surface area contributed by atoms with Crippen LogP contribution in [0.1, 0.15) is 41.7 Å². The molecular weight excluding hydrogens is 394 g/mol. The molecule has 31 heavy (non-hydrogen) atoms. The Hall–Kier alpha value is -3.61. The number of benzene rings is 2. The maximum Gasteiger partial charge on any atom is 0.257 e. The predicted molar refractivity (Wildman–Crippen MR) is 121 cm³/mol. The van der Waals surface area contributed by atoms with Crippen molar-refractivity contribution in [2.24, 2.45) is 5.41 Å². The van der Waals surface area contributed by atoms with Crippen molar-refractivity contribution in [2.75, 3.05) is 24.7 Å². The molecule has 0 spiro atoms. The minimum Gasteiger partial charge on any atom is -0.505 e. The van der Waals surface area contributed by atoms with Gasteiger partial charge in [0, 0.05) is 14.1 Å². The highest BCUT2D eigenvalue weighted by Gasteiger charge is 2.46. The summed E-state index contributed by atoms with van der Waals surface area (Å²) < 4.78 is 0. The molecule has 0 aromatic heterocycles. The molecular formula is C24H25N3O4. The molecule has 0 radical (unpaired) electrons. The highest BCUT2D eigenvalue weighted by atomic mass is 16.3. The van der Waals surface area contributed by atoms with Crippen LogP contribution in [-0.4, -0.2) is 30.0 Å². The lowest BCUT2D eigenvalue weighted by Gasteiger charge is -2.28. The zero-order valence-electron chi connectivity index (χ0n) is 17.7. The Morgan fingerprint density at radius 2 is 1.65 bits per heavy atom. The molecule has 0 saturated heterocycles. The van der Waals surface area contributed by atoms with Crippen molar-refractivity contribution in [2.45, 2.75) is 25.8 Å². The summed E-state index contributed by atoms with van der Waals surface area (Å²) in [7, 11) is 3.17. The van der Waals surface area contributed by atoms with E-state index in [0.717, 1.165) is 18.4 Å². The van der Waals surface area contributed by atoms with Gasteiger partial charge in [-0.15, -0.1) is 0 Å². The van der Waals surface area contributed by atoms with Crippen molar-refractivity contribution in [3.63, 3.8) is 0 Å². The van der Waals surface area contributed by atoms with Crippen LogP contribution in [-0.2, 0) is 0 Å². The minimum atomic E-state index is -0.654. The lowest BCUT2D eigenvalue weighted by atomic mass is 9.91. The summed E-state index contributed by atoms with van der Waals surface area (Å²) in [6.45, 7) is 2.15. The topological polar surface area (TPSA) is 98.7 Å². The monoisotopic (exact) mass is 419 g/mol. The van der Waals surface area contributed by atoms with Crippen LogP contribution in [0.4, 0.5) is 17.1 Å². The molecule has 1 unspecified atom stereocenters. The van der Waals surface area contributed by atoms with E-state index in [2.05, 4.69) is 17.6 Å². The van der Waals surface area contributed by atoms with Crippen molar-refractivity contribution in [1.29, 1.82) is 0 Å². The zero-order valence-corrected chi connectivity index (χ0v) is 17.7. The van der Waals surface area contributed by atoms with Crippen molar-refractivity contribution < 1.29 is 9.90 Å². The Morgan fingerprint density at radius 3 is 2.26 bits per heavy atom. The number of phenolic OH excluding ortho intramolecular Hbond substituents is 1. The maximum atomic E-state index is 12.4. The fourth-order valence-corrected chi connectivity index (χ4v) is 3.78. The summed E-state index contributed by atoms with van der Waals surface area (Å²) >= 11 is 0. The fraction of sp³-hybridized carbons (Fsp3) is 0.292. The van der Waals surface area contributed by atoms with E-state index < -0.39 is 10.9 Å². The first-order valence-corrected chi connectivity index (χ1v) is 10.2. The molecule has 1 fully saturated rings. The molecule has 7 heteroatoms. The molecule has 3 aromatic rings. The van der Waals surface area contributed by atoms with Gasteiger partial charge in [-0.05, 0) is 36.0 Å². The molecule has 1 atom stereocenters. The van der Waals surface area contributed by atoms with Crippen LogP contribution >= 0.6 is 0 Å². The number of amides is 1. The Morgan fingerprint density at radius 1 is 1.00 bits per heavy atom. The normalized spacial score (nSPS) is 15.3. The van der Waals surface area contributed by atoms with E-state index in [4.69, 9.17) is 0 Å². The average molecular weight is 419 g/mol. The lowest BCUT2D eigenvalue weighted by Crippen LogP contribution is -2.38. The molecule has 160 valence electrons. The second-order valence-corrected chi connectivity index (χ2v) is 8.58. The smallest absolute Gasteiger partial charge is 0.257 e. The summed E-state index contributed by atoms with van der Waals surface area (Å²) in [6, 6.07) is 14.4. The van der Waals surface area contributed by atoms with E-state index in [1.165, 1.54) is 11.0 Å². The van der Waals surface area contributed by atoms with Gasteiger partial charge < -0.3 is 20.6 Å². The number of hydrogen-bond donors (Lipinski definition) is 3. The molecule has 1 saturated carbocycles. The van der Waals surface area contributed by atoms with Crippen molar-refractivity contribution in [1.82, 2.24) is 4.90 Å². The number of nitrogens with one attached hydrogen (secondary N) is 2. The Balaban J connectivity index is 1.66. The van der Waals surface area contributed by atoms with Crippen molar-refractivity contribution in [3.8, 4) is 5.75 Å². The zero-order chi connectivity index (χ0) is 22.3. The Labute approximate surface area is 180 Å². The van der Waals surface area contributed by atoms with Gasteiger partial charge in [-0.2, -0.15) is 0 Å². The number of para-hydroxylation sites is 1. The lowest BCUT2D eigenvalue weighted by molar-refractivity contribution is 0.0824. The van der Waals surface area contributed by atoms with Crippen LogP contribution in [0.15, 0.2) is 58.1 Å². The van der Waals surface area contributed by atoms with Gasteiger partial charge in [0.25, 0.3) is 16.8 Å². The average Bonchev–Trinajstić information content (AvgIpc) is 3.51. The van der Waals surface area contributed by atoms with E-state index in [1.807, 2.05) is 30.3 Å². The van der Waals surface area contributed by atoms with Crippen LogP contribution in [0, 0.1) is 5.41 Å². The first kappa shape index (κ1) is 20.7. The second-order valence-electron chi connectivity index (χ2n) is 8.58. The predicted octanol–water partition coefficient (Wildman–Crippen LogP) is 3.39. The number of carbonyl (C=O) groups is 1. The van der Waals surface area contributed by atoms with E-state index in [1.54, 1.807) is 26.2 Å². The molecule has 7 nitrogen and oxygen atoms in total. The van der Waals surface area contributed by atoms with Gasteiger partial charge in [0.15, 0.2) is 5.75 Å². The number of carbonyl (C=O) groups excluding carboxylic acids is 1. The molecule has 1 aliphatic carbocycles. The highest BCUT2D eigenvalue weighted by molar-refractivity contribution is 5.99. The molecule has 3 N–H and O–H groups in total. The van der Waals surface area contributed by atoms with Crippen LogP contribution in [0.3, 0.4) is 0 Å². The third-order valence-electron chi connectivity index (χ3n) is 6.00. The van der Waals surface area contributed by atoms with Gasteiger partial charge in [-0.3, -0.25) is 14.4 Å². The van der Waals surface area contributed by atoms with E-state index in [0.29, 0.717) is 0 Å². The Kier molecular flexibility index (Phi) is 5.05. The first-order chi connectivity index (χ1) is 14.7. The van der Waals surface area contributed by atoms with Gasteiger partial charge in [-0.25, -0.2) is 0 Å². The summed E-state index contributed by atoms with van der Waals surface area (Å²) in [5.41, 5.74) is 0.399. The van der Waals surface area contributed by atoms with Gasteiger partial charge >= 0.3 is 0 Å². The SMILES string of the molecule is CN(C)C(=O)c1cccc(Nc2c(NC(c3ccccc3)C3(C)CC3)c(=O)c2=O)c1O. The first-order valence-electron chi connectivity index (χ1n) is 10.2. The van der Waals surface area contributed by atoms with Gasteiger partial charge in [-0.1, -0.05) is 43.3 Å². The summed E-state index contributed by atoms with van der Waals surface area (Å²) in [6.07, 6.45) is 2.04. The van der Waals surface area contributed by atoms with Crippen LogP contribution in [0.2, 0.25) is 0 Å². The van der Waals surface area contributed by atoms with E-state index in [9.17, 15) is 19.5 Å². The number of rotatable bonds is 7. The Bertz CT molecular complexity index is 1210. The summed E-state index contributed by atoms with van der Waals surface area (Å²) in [4.78, 5) is 38.4. The molecule has 1 amide bonds. The van der Waals surface area contributed by atoms with E-state index >= 15 is 0 Å². The number of nitrogens with zero attached hydrogens (tertiary/aromatic N) is 1. The second kappa shape index (κ2) is 7.58. The number of hydrogen-bond acceptors (Lipinski definition) is 6. The third-order valence-corrected chi connectivity index (χ3v) is 6.00. The summed E-state index contributed by atoms with van der Waals surface area (Å²) in [5, 5.41) is 16.7. The molecule has 4 rings (SSSR count). The van der Waals surface area contributed by atoms with Gasteiger partial charge in [0.2, 0.25) is 0 Å². The standard InChI is InChI=1S/C24H25N3O4/c1-24(12-13-24)22(14-8-5-4-6-9-14)26-18-17(20(29)21(18)30)25-16-11-7-10-15(19(16)28)23(31)27(2)3/h4-11,22,25-26,28H,12-13H2,1-3H3. The van der Waals surface area contributed by atoms with Gasteiger partial charge in [0.05, 0.1) is 17.3 Å². The third kappa shape index (κ3) is 3.67. The van der Waals surface area contributed by atoms with E-state index in [-0.39, 0.29) is 45.7 Å². The largest absolute Gasteiger partial charge is 0.505 e. The fourth-order valence-electron chi connectivity index (χ4n) is 3.78. The summed E-state index contributed by atoms with van der Waals surface area (Å²) in [5.74, 6) is -0.635. The number of aromatic hydroxyl groups is 1. The number of anilines is 3. The molecule has 1 aliphatic rings. The quantitative estimate of drug-likeness (QED) is 0.401. The molecule has 0 aliphatic heterocycles. The van der Waals surface area contributed by atoms with Gasteiger partial charge in [0.1, 0.15) is 11.4 Å². The molecule has 0 heterocycles. The van der Waals surface area contributed by atoms with Crippen LogP contribution in [0.5, 0.6) is 5.75 Å². The van der Waals surface area contributed by atoms with Crippen LogP contribution < -0.4 is 21.5 Å². The van der Waals surface area contributed by atoms with Crippen molar-refractivity contribution >= 4 is 23.0 Å². The molecule has 0 bridgehead atoms. The number of phenols is 1. The van der Waals surface area contributed by atoms with Crippen molar-refractivity contribution in [3.05, 3.63) is 80.1 Å². The minimum absolute atomic E-state index is 0.00142. The molecule has 3 aromatic carbocycles. The maximum absolute atomic E-state index is 12.4. The van der Waals surface area contributed by atoms with Crippen LogP contribution in [0.25, 0.3) is 0 Å². The highest BCUT2D eigenvalue weighted by Crippen LogP contribution is 2.55.